The van der Waals surface area contributed by atoms with Gasteiger partial charge in [-0.15, -0.1) is 0 Å². The highest BCUT2D eigenvalue weighted by Crippen LogP contribution is 2.60. The van der Waals surface area contributed by atoms with Crippen molar-refractivity contribution in [2.24, 2.45) is 17.8 Å². The van der Waals surface area contributed by atoms with Crippen LogP contribution in [-0.2, 0) is 5.41 Å². The third-order valence-electron chi connectivity index (χ3n) is 7.17. The van der Waals surface area contributed by atoms with Crippen LogP contribution < -0.4 is 0 Å². The zero-order chi connectivity index (χ0) is 18.7. The van der Waals surface area contributed by atoms with Crippen LogP contribution in [0.4, 0.5) is 0 Å². The van der Waals surface area contributed by atoms with Gasteiger partial charge in [0.1, 0.15) is 12.2 Å². The van der Waals surface area contributed by atoms with E-state index in [2.05, 4.69) is 41.3 Å². The van der Waals surface area contributed by atoms with Gasteiger partial charge < -0.3 is 0 Å². The summed E-state index contributed by atoms with van der Waals surface area (Å²) in [6.07, 6.45) is 13.8. The Morgan fingerprint density at radius 2 is 1.75 bits per heavy atom. The molecule has 4 fully saturated rings. The van der Waals surface area contributed by atoms with Gasteiger partial charge in [-0.2, -0.15) is 5.10 Å². The monoisotopic (exact) mass is 371 g/mol. The van der Waals surface area contributed by atoms with Gasteiger partial charge in [0.15, 0.2) is 5.82 Å². The van der Waals surface area contributed by atoms with Crippen LogP contribution in [0.15, 0.2) is 43.0 Å². The summed E-state index contributed by atoms with van der Waals surface area (Å²) in [5.74, 6) is 4.48. The van der Waals surface area contributed by atoms with Crippen molar-refractivity contribution < 1.29 is 0 Å². The quantitative estimate of drug-likeness (QED) is 0.680. The fourth-order valence-corrected chi connectivity index (χ4v) is 6.42. The third kappa shape index (κ3) is 2.60. The summed E-state index contributed by atoms with van der Waals surface area (Å²) < 4.78 is 1.90. The lowest BCUT2D eigenvalue weighted by Gasteiger charge is -2.55. The Morgan fingerprint density at radius 1 is 1.00 bits per heavy atom. The normalized spacial score (nSPS) is 30.7. The van der Waals surface area contributed by atoms with Gasteiger partial charge in [0.25, 0.3) is 0 Å². The van der Waals surface area contributed by atoms with Gasteiger partial charge >= 0.3 is 0 Å². The molecule has 142 valence electrons. The lowest BCUT2D eigenvalue weighted by Crippen LogP contribution is -2.49. The predicted octanol–water partition coefficient (Wildman–Crippen LogP) is 4.50. The van der Waals surface area contributed by atoms with Gasteiger partial charge in [-0.3, -0.25) is 0 Å². The van der Waals surface area contributed by atoms with Crippen molar-refractivity contribution in [1.29, 1.82) is 0 Å². The summed E-state index contributed by atoms with van der Waals surface area (Å²) in [6, 6.07) is 8.32. The summed E-state index contributed by atoms with van der Waals surface area (Å²) in [4.78, 5) is 14.2. The summed E-state index contributed by atoms with van der Waals surface area (Å²) in [5, 5.41) is 4.43. The highest BCUT2D eigenvalue weighted by molar-refractivity contribution is 5.58. The summed E-state index contributed by atoms with van der Waals surface area (Å²) in [6.45, 7) is 2.05. The second-order valence-corrected chi connectivity index (χ2v) is 9.34. The van der Waals surface area contributed by atoms with Crippen LogP contribution in [0.2, 0.25) is 0 Å². The molecule has 1 aromatic carbocycles. The first-order valence-electron chi connectivity index (χ1n) is 10.5. The summed E-state index contributed by atoms with van der Waals surface area (Å²) in [7, 11) is 0. The van der Waals surface area contributed by atoms with E-state index in [1.54, 1.807) is 6.33 Å². The molecule has 0 amide bonds. The lowest BCUT2D eigenvalue weighted by molar-refractivity contribution is -0.00944. The number of rotatable bonds is 3. The minimum atomic E-state index is 0.198. The van der Waals surface area contributed by atoms with Gasteiger partial charge in [0, 0.05) is 17.2 Å². The molecule has 7 rings (SSSR count). The number of benzene rings is 1. The second kappa shape index (κ2) is 5.97. The van der Waals surface area contributed by atoms with Crippen molar-refractivity contribution in [1.82, 2.24) is 24.7 Å². The second-order valence-electron chi connectivity index (χ2n) is 9.34. The maximum absolute atomic E-state index is 5.02. The average Bonchev–Trinajstić information content (AvgIpc) is 3.14. The Kier molecular flexibility index (Phi) is 3.49. The number of aryl methyl sites for hydroxylation is 1. The van der Waals surface area contributed by atoms with E-state index < -0.39 is 0 Å². The Labute approximate surface area is 165 Å². The van der Waals surface area contributed by atoms with Gasteiger partial charge in [-0.05, 0) is 80.9 Å². The molecule has 0 atom stereocenters. The number of nitrogens with zero attached hydrogens (tertiary/aromatic N) is 5. The Morgan fingerprint density at radius 3 is 2.43 bits per heavy atom. The van der Waals surface area contributed by atoms with Crippen molar-refractivity contribution in [2.75, 3.05) is 0 Å². The largest absolute Gasteiger partial charge is 0.241 e. The van der Waals surface area contributed by atoms with E-state index >= 15 is 0 Å². The topological polar surface area (TPSA) is 56.5 Å². The van der Waals surface area contributed by atoms with Gasteiger partial charge in [0.2, 0.25) is 0 Å². The van der Waals surface area contributed by atoms with E-state index in [0.717, 1.165) is 46.2 Å². The molecule has 0 radical (unpaired) electrons. The Bertz CT molecular complexity index is 1000. The lowest BCUT2D eigenvalue weighted by atomic mass is 9.49. The SMILES string of the molecule is Cc1cnn(-c2cccc(-c3ncnc(C45CC6CC(CC(C6)C4)C5)n3)c2)c1. The number of hydrogen-bond donors (Lipinski definition) is 0. The molecule has 0 spiro atoms. The van der Waals surface area contributed by atoms with E-state index in [9.17, 15) is 0 Å². The minimum absolute atomic E-state index is 0.198. The standard InChI is InChI=1S/C23H25N5/c1-15-12-26-28(13-15)20-4-2-3-19(8-20)21-24-14-25-22(27-21)23-9-16-5-17(10-23)7-18(6-16)11-23/h2-4,8,12-14,16-18H,5-7,9-11H2,1H3. The van der Waals surface area contributed by atoms with Crippen LogP contribution in [0.25, 0.3) is 17.1 Å². The molecule has 3 aromatic rings. The predicted molar refractivity (Wildman–Crippen MR) is 107 cm³/mol. The molecule has 4 saturated carbocycles. The molecule has 0 unspecified atom stereocenters. The average molecular weight is 371 g/mol. The van der Waals surface area contributed by atoms with Crippen LogP contribution >= 0.6 is 0 Å². The first kappa shape index (κ1) is 16.4. The van der Waals surface area contributed by atoms with Crippen molar-refractivity contribution in [3.8, 4) is 17.1 Å². The third-order valence-corrected chi connectivity index (χ3v) is 7.17. The van der Waals surface area contributed by atoms with E-state index in [1.165, 1.54) is 38.5 Å². The Hall–Kier alpha value is -2.56. The van der Waals surface area contributed by atoms with Crippen molar-refractivity contribution >= 4 is 0 Å². The Balaban J connectivity index is 1.37. The maximum Gasteiger partial charge on any atom is 0.163 e. The fourth-order valence-electron chi connectivity index (χ4n) is 6.42. The molecule has 2 heterocycles. The molecule has 28 heavy (non-hydrogen) atoms. The van der Waals surface area contributed by atoms with E-state index in [4.69, 9.17) is 9.97 Å². The molecule has 4 aliphatic carbocycles. The molecule has 5 heteroatoms. The fraction of sp³-hybridized carbons (Fsp3) is 0.478. The highest BCUT2D eigenvalue weighted by Gasteiger charge is 2.53. The van der Waals surface area contributed by atoms with Crippen LogP contribution in [0.5, 0.6) is 0 Å². The van der Waals surface area contributed by atoms with Crippen LogP contribution in [0.3, 0.4) is 0 Å². The number of hydrogen-bond acceptors (Lipinski definition) is 4. The molecule has 4 bridgehead atoms. The molecular formula is C23H25N5. The van der Waals surface area contributed by atoms with Gasteiger partial charge in [-0.25, -0.2) is 19.6 Å². The van der Waals surface area contributed by atoms with Crippen molar-refractivity contribution in [2.45, 2.75) is 50.9 Å². The minimum Gasteiger partial charge on any atom is -0.241 e. The molecule has 5 nitrogen and oxygen atoms in total. The van der Waals surface area contributed by atoms with E-state index in [1.807, 2.05) is 17.1 Å². The molecule has 4 aliphatic rings. The molecule has 0 saturated heterocycles. The first-order chi connectivity index (χ1) is 13.7. The zero-order valence-electron chi connectivity index (χ0n) is 16.3. The van der Waals surface area contributed by atoms with Crippen LogP contribution in [0.1, 0.15) is 49.9 Å². The first-order valence-corrected chi connectivity index (χ1v) is 10.5. The van der Waals surface area contributed by atoms with Gasteiger partial charge in [0.05, 0.1) is 11.9 Å². The maximum atomic E-state index is 5.02. The highest BCUT2D eigenvalue weighted by atomic mass is 15.3. The summed E-state index contributed by atoms with van der Waals surface area (Å²) >= 11 is 0. The van der Waals surface area contributed by atoms with Gasteiger partial charge in [-0.1, -0.05) is 12.1 Å². The number of aromatic nitrogens is 5. The van der Waals surface area contributed by atoms with E-state index in [0.29, 0.717) is 0 Å². The van der Waals surface area contributed by atoms with Crippen molar-refractivity contribution in [3.63, 3.8) is 0 Å². The zero-order valence-corrected chi connectivity index (χ0v) is 16.3. The van der Waals surface area contributed by atoms with Crippen molar-refractivity contribution in [3.05, 3.63) is 54.4 Å². The summed E-state index contributed by atoms with van der Waals surface area (Å²) in [5.41, 5.74) is 3.40. The van der Waals surface area contributed by atoms with E-state index in [-0.39, 0.29) is 5.41 Å². The molecule has 2 aromatic heterocycles. The molecular weight excluding hydrogens is 346 g/mol. The molecule has 0 aliphatic heterocycles. The molecule has 0 N–H and O–H groups in total. The van der Waals surface area contributed by atoms with Crippen LogP contribution in [0, 0.1) is 24.7 Å². The smallest absolute Gasteiger partial charge is 0.163 e. The van der Waals surface area contributed by atoms with Crippen LogP contribution in [-0.4, -0.2) is 24.7 Å².